The van der Waals surface area contributed by atoms with Crippen LogP contribution in [0.4, 0.5) is 0 Å². The highest BCUT2D eigenvalue weighted by Gasteiger charge is 2.74. The number of aliphatic hydroxyl groups excluding tert-OH is 1. The first-order valence-electron chi connectivity index (χ1n) is 16.9. The standard InChI is InChI=1S/C37H51NO10/c1-20-27(45-21(2)39)17-25-31(46-22(3)40)33-36(7,34(43)32(47-23(4)41)30(20)35(25,5)6)16-15-28(37(33)19-44-37)48-29(42)18-26(38(8)9)24-13-11-10-12-14-24/h10-14,25-28,31-34,43H,15-19H2,1-9H3/t25-,26+,27-,28-,31+,32+,33-,34-,36+,37+/m0/s1. The van der Waals surface area contributed by atoms with Crippen LogP contribution in [0.3, 0.4) is 0 Å². The molecule has 4 aliphatic rings. The minimum atomic E-state index is -1.25. The maximum Gasteiger partial charge on any atom is 0.308 e. The van der Waals surface area contributed by atoms with Gasteiger partial charge in [-0.1, -0.05) is 51.1 Å². The van der Waals surface area contributed by atoms with Gasteiger partial charge in [0.1, 0.15) is 30.0 Å². The molecule has 11 heteroatoms. The van der Waals surface area contributed by atoms with Crippen LogP contribution in [0.5, 0.6) is 0 Å². The number of esters is 4. The van der Waals surface area contributed by atoms with Crippen molar-refractivity contribution >= 4 is 23.9 Å². The van der Waals surface area contributed by atoms with Gasteiger partial charge in [-0.2, -0.15) is 0 Å². The molecule has 1 spiro atoms. The quantitative estimate of drug-likeness (QED) is 0.183. The van der Waals surface area contributed by atoms with Crippen molar-refractivity contribution < 1.29 is 48.0 Å². The molecule has 1 aliphatic heterocycles. The minimum Gasteiger partial charge on any atom is -0.462 e. The number of aliphatic hydroxyl groups is 1. The summed E-state index contributed by atoms with van der Waals surface area (Å²) in [5.41, 5.74) is -0.495. The highest BCUT2D eigenvalue weighted by atomic mass is 16.6. The Hall–Kier alpha value is -3.28. The van der Waals surface area contributed by atoms with E-state index in [0.29, 0.717) is 30.4 Å². The van der Waals surface area contributed by atoms with E-state index in [1.54, 1.807) is 0 Å². The first kappa shape index (κ1) is 36.0. The van der Waals surface area contributed by atoms with Crippen molar-refractivity contribution in [3.63, 3.8) is 0 Å². The molecule has 2 saturated carbocycles. The Labute approximate surface area is 283 Å². The Kier molecular flexibility index (Phi) is 9.91. The molecule has 1 heterocycles. The number of carbonyl (C=O) groups excluding carboxylic acids is 4. The Morgan fingerprint density at radius 3 is 2.10 bits per heavy atom. The number of carbonyl (C=O) groups is 4. The van der Waals surface area contributed by atoms with Crippen molar-refractivity contribution in [2.75, 3.05) is 20.7 Å². The third kappa shape index (κ3) is 6.41. The molecule has 11 nitrogen and oxygen atoms in total. The molecule has 0 aromatic heterocycles. The number of rotatable bonds is 8. The van der Waals surface area contributed by atoms with Crippen molar-refractivity contribution in [3.8, 4) is 0 Å². The van der Waals surface area contributed by atoms with E-state index in [0.717, 1.165) is 5.56 Å². The molecular formula is C37H51NO10. The van der Waals surface area contributed by atoms with Gasteiger partial charge in [-0.3, -0.25) is 19.2 Å². The van der Waals surface area contributed by atoms with Crippen LogP contribution >= 0.6 is 0 Å². The van der Waals surface area contributed by atoms with Crippen molar-refractivity contribution in [1.29, 1.82) is 0 Å². The number of ether oxygens (including phenoxy) is 5. The molecule has 48 heavy (non-hydrogen) atoms. The summed E-state index contributed by atoms with van der Waals surface area (Å²) in [5.74, 6) is -3.03. The summed E-state index contributed by atoms with van der Waals surface area (Å²) in [4.78, 5) is 53.5. The fourth-order valence-corrected chi connectivity index (χ4v) is 9.27. The third-order valence-electron chi connectivity index (χ3n) is 11.5. The second-order valence-corrected chi connectivity index (χ2v) is 15.1. The van der Waals surface area contributed by atoms with Gasteiger partial charge in [0.05, 0.1) is 13.0 Å². The fourth-order valence-electron chi connectivity index (χ4n) is 9.27. The smallest absolute Gasteiger partial charge is 0.308 e. The molecule has 0 amide bonds. The topological polar surface area (TPSA) is 141 Å². The summed E-state index contributed by atoms with van der Waals surface area (Å²) < 4.78 is 30.7. The number of epoxide rings is 1. The molecule has 5 rings (SSSR count). The molecule has 3 fully saturated rings. The summed E-state index contributed by atoms with van der Waals surface area (Å²) in [6, 6.07) is 9.55. The maximum atomic E-state index is 13.7. The van der Waals surface area contributed by atoms with Crippen molar-refractivity contribution in [3.05, 3.63) is 47.0 Å². The second-order valence-electron chi connectivity index (χ2n) is 15.1. The van der Waals surface area contributed by atoms with E-state index in [2.05, 4.69) is 0 Å². The van der Waals surface area contributed by atoms with E-state index in [9.17, 15) is 24.3 Å². The van der Waals surface area contributed by atoms with Gasteiger partial charge in [0.2, 0.25) is 0 Å². The molecule has 1 aromatic rings. The minimum absolute atomic E-state index is 0.114. The lowest BCUT2D eigenvalue weighted by Crippen LogP contribution is -2.68. The zero-order valence-corrected chi connectivity index (χ0v) is 29.6. The van der Waals surface area contributed by atoms with E-state index in [1.165, 1.54) is 20.8 Å². The average Bonchev–Trinajstić information content (AvgIpc) is 3.77. The van der Waals surface area contributed by atoms with Crippen LogP contribution in [0.25, 0.3) is 0 Å². The van der Waals surface area contributed by atoms with Crippen molar-refractivity contribution in [2.24, 2.45) is 22.7 Å². The van der Waals surface area contributed by atoms with E-state index in [4.69, 9.17) is 23.7 Å². The molecule has 1 saturated heterocycles. The normalized spacial score (nSPS) is 35.9. The van der Waals surface area contributed by atoms with Crippen molar-refractivity contribution in [2.45, 2.75) is 116 Å². The zero-order valence-electron chi connectivity index (χ0n) is 29.6. The molecule has 2 bridgehead atoms. The highest BCUT2D eigenvalue weighted by Crippen LogP contribution is 2.65. The van der Waals surface area contributed by atoms with E-state index >= 15 is 0 Å². The molecule has 3 aliphatic carbocycles. The molecule has 1 N–H and O–H groups in total. The van der Waals surface area contributed by atoms with Crippen LogP contribution in [0.1, 0.15) is 85.8 Å². The number of benzene rings is 1. The summed E-state index contributed by atoms with van der Waals surface area (Å²) in [7, 11) is 3.84. The number of hydrogen-bond acceptors (Lipinski definition) is 11. The van der Waals surface area contributed by atoms with Crippen LogP contribution in [0.2, 0.25) is 0 Å². The van der Waals surface area contributed by atoms with Crippen LogP contribution in [-0.2, 0) is 42.9 Å². The van der Waals surface area contributed by atoms with Crippen LogP contribution in [0, 0.1) is 22.7 Å². The predicted molar refractivity (Wildman–Crippen MR) is 174 cm³/mol. The van der Waals surface area contributed by atoms with Gasteiger partial charge < -0.3 is 33.7 Å². The molecule has 10 atom stereocenters. The fraction of sp³-hybridized carbons (Fsp3) is 0.676. The van der Waals surface area contributed by atoms with Crippen LogP contribution < -0.4 is 0 Å². The number of fused-ring (bicyclic) bond motifs is 4. The summed E-state index contributed by atoms with van der Waals surface area (Å²) in [6.45, 7) is 11.9. The molecule has 0 unspecified atom stereocenters. The first-order chi connectivity index (χ1) is 22.4. The van der Waals surface area contributed by atoms with Gasteiger partial charge in [0, 0.05) is 44.1 Å². The highest BCUT2D eigenvalue weighted by molar-refractivity contribution is 5.71. The maximum absolute atomic E-state index is 13.7. The van der Waals surface area contributed by atoms with Gasteiger partial charge in [0.15, 0.2) is 6.10 Å². The van der Waals surface area contributed by atoms with Gasteiger partial charge >= 0.3 is 23.9 Å². The monoisotopic (exact) mass is 669 g/mol. The lowest BCUT2D eigenvalue weighted by Gasteiger charge is -2.60. The predicted octanol–water partition coefficient (Wildman–Crippen LogP) is 4.31. The second kappa shape index (κ2) is 13.2. The van der Waals surface area contributed by atoms with Gasteiger partial charge in [0.25, 0.3) is 0 Å². The Balaban J connectivity index is 1.59. The SMILES string of the molecule is CC(=O)O[C@@H]1[C@@H]2C[C@H](OC(C)=O)C(C)=C([C@@H](OC(C)=O)[C@H](O)[C@]3(C)CC[C@H](OC(=O)C[C@H](c4ccccc4)N(C)C)[C@]4(CO4)[C@@H]13)C2(C)C. The lowest BCUT2D eigenvalue weighted by molar-refractivity contribution is -0.223. The Morgan fingerprint density at radius 2 is 1.56 bits per heavy atom. The van der Waals surface area contributed by atoms with Gasteiger partial charge in [-0.05, 0) is 62.4 Å². The third-order valence-corrected chi connectivity index (χ3v) is 11.5. The van der Waals surface area contributed by atoms with Crippen molar-refractivity contribution in [1.82, 2.24) is 4.90 Å². The average molecular weight is 670 g/mol. The lowest BCUT2D eigenvalue weighted by atomic mass is 9.48. The number of hydrogen-bond donors (Lipinski definition) is 1. The molecular weight excluding hydrogens is 618 g/mol. The molecule has 1 aromatic carbocycles. The summed E-state index contributed by atoms with van der Waals surface area (Å²) >= 11 is 0. The zero-order chi connectivity index (χ0) is 35.3. The summed E-state index contributed by atoms with van der Waals surface area (Å²) in [6.07, 6.45) is -3.30. The van der Waals surface area contributed by atoms with E-state index < -0.39 is 76.7 Å². The molecule has 264 valence electrons. The van der Waals surface area contributed by atoms with Crippen LogP contribution in [-0.4, -0.2) is 90.7 Å². The van der Waals surface area contributed by atoms with E-state index in [1.807, 2.05) is 77.0 Å². The summed E-state index contributed by atoms with van der Waals surface area (Å²) in [5, 5.41) is 12.5. The largest absolute Gasteiger partial charge is 0.462 e. The Morgan fingerprint density at radius 1 is 0.958 bits per heavy atom. The van der Waals surface area contributed by atoms with Gasteiger partial charge in [-0.25, -0.2) is 0 Å². The van der Waals surface area contributed by atoms with Crippen LogP contribution in [0.15, 0.2) is 41.5 Å². The Bertz CT molecular complexity index is 1450. The number of nitrogens with zero attached hydrogens (tertiary/aromatic N) is 1. The van der Waals surface area contributed by atoms with Gasteiger partial charge in [-0.15, -0.1) is 0 Å². The molecule has 0 radical (unpaired) electrons. The first-order valence-corrected chi connectivity index (χ1v) is 16.9. The van der Waals surface area contributed by atoms with E-state index in [-0.39, 0.29) is 25.0 Å².